The van der Waals surface area contributed by atoms with E-state index in [-0.39, 0.29) is 5.91 Å². The van der Waals surface area contributed by atoms with Gasteiger partial charge in [-0.05, 0) is 18.6 Å². The summed E-state index contributed by atoms with van der Waals surface area (Å²) in [5.74, 6) is 1.14. The number of hydrogen-bond acceptors (Lipinski definition) is 2. The molecule has 0 N–H and O–H groups in total. The molecule has 0 spiro atoms. The highest BCUT2D eigenvalue weighted by molar-refractivity contribution is 5.75. The van der Waals surface area contributed by atoms with E-state index in [0.29, 0.717) is 6.42 Å². The van der Waals surface area contributed by atoms with E-state index in [9.17, 15) is 4.79 Å². The normalized spacial score (nSPS) is 10.1. The summed E-state index contributed by atoms with van der Waals surface area (Å²) < 4.78 is 5.19. The van der Waals surface area contributed by atoms with E-state index in [4.69, 9.17) is 4.42 Å². The number of carbonyl (C=O) groups is 1. The first-order valence-corrected chi connectivity index (χ1v) is 5.00. The summed E-state index contributed by atoms with van der Waals surface area (Å²) in [4.78, 5) is 13.2. The van der Waals surface area contributed by atoms with Crippen molar-refractivity contribution in [3.63, 3.8) is 0 Å². The molecule has 1 rings (SSSR count). The van der Waals surface area contributed by atoms with Crippen LogP contribution in [0.2, 0.25) is 0 Å². The van der Waals surface area contributed by atoms with Crippen molar-refractivity contribution in [3.8, 4) is 0 Å². The van der Waals surface area contributed by atoms with Gasteiger partial charge < -0.3 is 9.32 Å². The largest absolute Gasteiger partial charge is 0.469 e. The number of nitrogens with zero attached hydrogens (tertiary/aromatic N) is 1. The zero-order valence-corrected chi connectivity index (χ0v) is 8.82. The maximum atomic E-state index is 11.4. The van der Waals surface area contributed by atoms with Crippen molar-refractivity contribution in [1.29, 1.82) is 0 Å². The molecule has 0 aromatic carbocycles. The van der Waals surface area contributed by atoms with Gasteiger partial charge in [-0.15, -0.1) is 0 Å². The quantitative estimate of drug-likeness (QED) is 0.720. The molecule has 0 unspecified atom stereocenters. The fraction of sp³-hybridized carbons (Fsp3) is 0.545. The standard InChI is InChI=1S/C11H17NO2/c1-3-5-11(13)12(2)8-7-10-6-4-9-14-10/h4,6,9H,3,5,7-8H2,1-2H3. The van der Waals surface area contributed by atoms with Crippen LogP contribution in [0, 0.1) is 0 Å². The fourth-order valence-electron chi connectivity index (χ4n) is 1.26. The van der Waals surface area contributed by atoms with Gasteiger partial charge in [0.15, 0.2) is 0 Å². The lowest BCUT2D eigenvalue weighted by atomic mass is 10.2. The fourth-order valence-corrected chi connectivity index (χ4v) is 1.26. The van der Waals surface area contributed by atoms with Crippen molar-refractivity contribution in [2.45, 2.75) is 26.2 Å². The molecule has 1 amide bonds. The molecule has 3 heteroatoms. The molecule has 0 aliphatic carbocycles. The third-order valence-corrected chi connectivity index (χ3v) is 2.16. The minimum Gasteiger partial charge on any atom is -0.469 e. The van der Waals surface area contributed by atoms with Crippen molar-refractivity contribution >= 4 is 5.91 Å². The summed E-state index contributed by atoms with van der Waals surface area (Å²) in [6.07, 6.45) is 3.99. The Morgan fingerprint density at radius 2 is 2.36 bits per heavy atom. The smallest absolute Gasteiger partial charge is 0.222 e. The Kier molecular flexibility index (Phi) is 4.23. The van der Waals surface area contributed by atoms with Gasteiger partial charge in [0.05, 0.1) is 6.26 Å². The molecule has 0 bridgehead atoms. The van der Waals surface area contributed by atoms with Gasteiger partial charge in [-0.25, -0.2) is 0 Å². The Bertz CT molecular complexity index is 267. The number of hydrogen-bond donors (Lipinski definition) is 0. The average Bonchev–Trinajstić information content (AvgIpc) is 2.67. The van der Waals surface area contributed by atoms with Gasteiger partial charge in [0.2, 0.25) is 5.91 Å². The molecule has 0 fully saturated rings. The third-order valence-electron chi connectivity index (χ3n) is 2.16. The molecule has 0 saturated carbocycles. The van der Waals surface area contributed by atoms with Crippen LogP contribution in [-0.4, -0.2) is 24.4 Å². The highest BCUT2D eigenvalue weighted by Gasteiger charge is 2.07. The maximum Gasteiger partial charge on any atom is 0.222 e. The molecule has 0 saturated heterocycles. The number of carbonyl (C=O) groups excluding carboxylic acids is 1. The van der Waals surface area contributed by atoms with Crippen LogP contribution in [0.1, 0.15) is 25.5 Å². The number of rotatable bonds is 5. The lowest BCUT2D eigenvalue weighted by molar-refractivity contribution is -0.129. The summed E-state index contributed by atoms with van der Waals surface area (Å²) in [7, 11) is 1.83. The van der Waals surface area contributed by atoms with E-state index in [1.54, 1.807) is 11.2 Å². The van der Waals surface area contributed by atoms with E-state index in [1.807, 2.05) is 26.1 Å². The second-order valence-electron chi connectivity index (χ2n) is 3.39. The molecule has 1 heterocycles. The van der Waals surface area contributed by atoms with Crippen LogP contribution in [0.25, 0.3) is 0 Å². The van der Waals surface area contributed by atoms with E-state index in [2.05, 4.69) is 0 Å². The molecule has 1 aromatic rings. The highest BCUT2D eigenvalue weighted by Crippen LogP contribution is 2.03. The monoisotopic (exact) mass is 195 g/mol. The summed E-state index contributed by atoms with van der Waals surface area (Å²) in [5.41, 5.74) is 0. The SMILES string of the molecule is CCCC(=O)N(C)CCc1ccco1. The van der Waals surface area contributed by atoms with Crippen LogP contribution in [0.5, 0.6) is 0 Å². The van der Waals surface area contributed by atoms with Crippen LogP contribution >= 0.6 is 0 Å². The zero-order chi connectivity index (χ0) is 10.4. The zero-order valence-electron chi connectivity index (χ0n) is 8.82. The van der Waals surface area contributed by atoms with Gasteiger partial charge in [-0.2, -0.15) is 0 Å². The van der Waals surface area contributed by atoms with Crippen LogP contribution in [0.4, 0.5) is 0 Å². The molecule has 78 valence electrons. The van der Waals surface area contributed by atoms with Crippen molar-refractivity contribution in [2.24, 2.45) is 0 Å². The molecular formula is C11H17NO2. The van der Waals surface area contributed by atoms with E-state index < -0.39 is 0 Å². The predicted octanol–water partition coefficient (Wildman–Crippen LogP) is 2.08. The summed E-state index contributed by atoms with van der Waals surface area (Å²) >= 11 is 0. The molecule has 14 heavy (non-hydrogen) atoms. The third kappa shape index (κ3) is 3.24. The first kappa shape index (κ1) is 10.8. The molecular weight excluding hydrogens is 178 g/mol. The first-order valence-electron chi connectivity index (χ1n) is 5.00. The molecule has 1 aromatic heterocycles. The number of furan rings is 1. The second kappa shape index (κ2) is 5.47. The molecule has 0 aliphatic rings. The van der Waals surface area contributed by atoms with Crippen LogP contribution in [0.15, 0.2) is 22.8 Å². The minimum absolute atomic E-state index is 0.207. The first-order chi connectivity index (χ1) is 6.74. The summed E-state index contributed by atoms with van der Waals surface area (Å²) in [6.45, 7) is 2.74. The summed E-state index contributed by atoms with van der Waals surface area (Å²) in [6, 6.07) is 3.79. The number of likely N-dealkylation sites (N-methyl/N-ethyl adjacent to an activating group) is 1. The minimum atomic E-state index is 0.207. The van der Waals surface area contributed by atoms with E-state index >= 15 is 0 Å². The van der Waals surface area contributed by atoms with Gasteiger partial charge in [-0.1, -0.05) is 6.92 Å². The topological polar surface area (TPSA) is 33.5 Å². The van der Waals surface area contributed by atoms with Gasteiger partial charge >= 0.3 is 0 Å². The van der Waals surface area contributed by atoms with Crippen molar-refractivity contribution < 1.29 is 9.21 Å². The number of amides is 1. The van der Waals surface area contributed by atoms with Crippen LogP contribution in [0.3, 0.4) is 0 Å². The highest BCUT2D eigenvalue weighted by atomic mass is 16.3. The van der Waals surface area contributed by atoms with Gasteiger partial charge in [0.1, 0.15) is 5.76 Å². The van der Waals surface area contributed by atoms with Crippen LogP contribution < -0.4 is 0 Å². The Balaban J connectivity index is 2.27. The van der Waals surface area contributed by atoms with E-state index in [0.717, 1.165) is 25.1 Å². The van der Waals surface area contributed by atoms with E-state index in [1.165, 1.54) is 0 Å². The average molecular weight is 195 g/mol. The molecule has 0 atom stereocenters. The van der Waals surface area contributed by atoms with Crippen molar-refractivity contribution in [1.82, 2.24) is 4.90 Å². The van der Waals surface area contributed by atoms with Gasteiger partial charge in [0, 0.05) is 26.4 Å². The molecule has 0 radical (unpaired) electrons. The Morgan fingerprint density at radius 3 is 2.93 bits per heavy atom. The summed E-state index contributed by atoms with van der Waals surface area (Å²) in [5, 5.41) is 0. The lowest BCUT2D eigenvalue weighted by Gasteiger charge is -2.15. The van der Waals surface area contributed by atoms with Crippen molar-refractivity contribution in [2.75, 3.05) is 13.6 Å². The Hall–Kier alpha value is -1.25. The lowest BCUT2D eigenvalue weighted by Crippen LogP contribution is -2.28. The maximum absolute atomic E-state index is 11.4. The predicted molar refractivity (Wildman–Crippen MR) is 55.0 cm³/mol. The Morgan fingerprint density at radius 1 is 1.57 bits per heavy atom. The Labute approximate surface area is 84.7 Å². The van der Waals surface area contributed by atoms with Gasteiger partial charge in [0.25, 0.3) is 0 Å². The van der Waals surface area contributed by atoms with Gasteiger partial charge in [-0.3, -0.25) is 4.79 Å². The second-order valence-corrected chi connectivity index (χ2v) is 3.39. The van der Waals surface area contributed by atoms with Crippen LogP contribution in [-0.2, 0) is 11.2 Å². The van der Waals surface area contributed by atoms with Crippen molar-refractivity contribution in [3.05, 3.63) is 24.2 Å². The molecule has 3 nitrogen and oxygen atoms in total. The molecule has 0 aliphatic heterocycles.